The molecule has 0 aliphatic heterocycles. The molecule has 0 radical (unpaired) electrons. The molecule has 0 saturated carbocycles. The molecule has 0 N–H and O–H groups in total. The highest BCUT2D eigenvalue weighted by Gasteiger charge is 2.23. The Labute approximate surface area is 126 Å². The van der Waals surface area contributed by atoms with Crippen molar-refractivity contribution in [2.45, 2.75) is 19.3 Å². The van der Waals surface area contributed by atoms with Gasteiger partial charge in [0.15, 0.2) is 11.2 Å². The van der Waals surface area contributed by atoms with Gasteiger partial charge in [-0.2, -0.15) is 0 Å². The number of benzene rings is 1. The topological polar surface area (TPSA) is 47.8 Å². The lowest BCUT2D eigenvalue weighted by Gasteiger charge is -2.15. The van der Waals surface area contributed by atoms with Gasteiger partial charge in [0.25, 0.3) is 0 Å². The molecule has 0 amide bonds. The molecule has 21 heavy (non-hydrogen) atoms. The SMILES string of the molecule is O=c1c2c(n(-c3cccc(Cl)c3)c3nccnc13)CCC2. The zero-order valence-corrected chi connectivity index (χ0v) is 12.0. The van der Waals surface area contributed by atoms with Crippen LogP contribution in [0.5, 0.6) is 0 Å². The molecule has 4 nitrogen and oxygen atoms in total. The molecule has 0 atom stereocenters. The van der Waals surface area contributed by atoms with Gasteiger partial charge in [0.05, 0.1) is 0 Å². The minimum Gasteiger partial charge on any atom is -0.296 e. The van der Waals surface area contributed by atoms with Gasteiger partial charge in [-0.05, 0) is 37.5 Å². The fraction of sp³-hybridized carbons (Fsp3) is 0.188. The molecule has 0 saturated heterocycles. The van der Waals surface area contributed by atoms with Gasteiger partial charge in [0, 0.05) is 34.4 Å². The minimum atomic E-state index is 0.0175. The molecule has 5 heteroatoms. The molecule has 0 fully saturated rings. The van der Waals surface area contributed by atoms with E-state index in [2.05, 4.69) is 9.97 Å². The number of pyridine rings is 1. The fourth-order valence-electron chi connectivity index (χ4n) is 3.04. The zero-order valence-electron chi connectivity index (χ0n) is 11.2. The summed E-state index contributed by atoms with van der Waals surface area (Å²) >= 11 is 6.12. The molecule has 104 valence electrons. The van der Waals surface area contributed by atoms with Gasteiger partial charge in [-0.15, -0.1) is 0 Å². The van der Waals surface area contributed by atoms with E-state index in [1.165, 1.54) is 0 Å². The molecular weight excluding hydrogens is 286 g/mol. The van der Waals surface area contributed by atoms with Crippen LogP contribution in [-0.2, 0) is 12.8 Å². The van der Waals surface area contributed by atoms with Crippen molar-refractivity contribution in [1.82, 2.24) is 14.5 Å². The Balaban J connectivity index is 2.18. The Kier molecular flexibility index (Phi) is 2.79. The van der Waals surface area contributed by atoms with E-state index in [0.29, 0.717) is 16.2 Å². The zero-order chi connectivity index (χ0) is 14.4. The number of rotatable bonds is 1. The second kappa shape index (κ2) is 4.67. The molecular formula is C16H12ClN3O. The first-order valence-corrected chi connectivity index (χ1v) is 7.27. The summed E-state index contributed by atoms with van der Waals surface area (Å²) < 4.78 is 2.03. The van der Waals surface area contributed by atoms with Crippen molar-refractivity contribution in [2.24, 2.45) is 0 Å². The summed E-state index contributed by atoms with van der Waals surface area (Å²) in [6.45, 7) is 0. The highest BCUT2D eigenvalue weighted by molar-refractivity contribution is 6.30. The number of hydrogen-bond donors (Lipinski definition) is 0. The summed E-state index contributed by atoms with van der Waals surface area (Å²) in [4.78, 5) is 21.1. The van der Waals surface area contributed by atoms with Gasteiger partial charge in [-0.25, -0.2) is 9.97 Å². The van der Waals surface area contributed by atoms with Crippen molar-refractivity contribution < 1.29 is 0 Å². The third-order valence-corrected chi connectivity index (χ3v) is 4.14. The molecule has 1 aliphatic carbocycles. The van der Waals surface area contributed by atoms with Crippen molar-refractivity contribution in [2.75, 3.05) is 0 Å². The summed E-state index contributed by atoms with van der Waals surface area (Å²) in [5.74, 6) is 0. The number of hydrogen-bond acceptors (Lipinski definition) is 3. The van der Waals surface area contributed by atoms with Gasteiger partial charge in [-0.1, -0.05) is 17.7 Å². The maximum Gasteiger partial charge on any atom is 0.212 e. The average Bonchev–Trinajstić information content (AvgIpc) is 2.97. The number of halogens is 1. The molecule has 3 aromatic rings. The van der Waals surface area contributed by atoms with Gasteiger partial charge < -0.3 is 0 Å². The molecule has 2 heterocycles. The maximum atomic E-state index is 12.5. The standard InChI is InChI=1S/C16H12ClN3O/c17-10-3-1-4-11(9-10)20-13-6-2-5-12(13)15(21)14-16(20)19-8-7-18-14/h1,3-4,7-9H,2,5-6H2. The van der Waals surface area contributed by atoms with E-state index < -0.39 is 0 Å². The van der Waals surface area contributed by atoms with E-state index in [0.717, 1.165) is 36.2 Å². The number of nitrogens with zero attached hydrogens (tertiary/aromatic N) is 3. The molecule has 0 spiro atoms. The fourth-order valence-corrected chi connectivity index (χ4v) is 3.22. The van der Waals surface area contributed by atoms with Crippen molar-refractivity contribution in [3.05, 3.63) is 63.2 Å². The van der Waals surface area contributed by atoms with E-state index >= 15 is 0 Å². The lowest BCUT2D eigenvalue weighted by Crippen LogP contribution is -2.18. The summed E-state index contributed by atoms with van der Waals surface area (Å²) in [7, 11) is 0. The monoisotopic (exact) mass is 297 g/mol. The predicted molar refractivity (Wildman–Crippen MR) is 82.2 cm³/mol. The van der Waals surface area contributed by atoms with Gasteiger partial charge in [0.1, 0.15) is 0 Å². The molecule has 2 aromatic heterocycles. The summed E-state index contributed by atoms with van der Waals surface area (Å²) in [5, 5.41) is 0.662. The molecule has 4 rings (SSSR count). The Morgan fingerprint density at radius 3 is 2.86 bits per heavy atom. The van der Waals surface area contributed by atoms with Crippen molar-refractivity contribution in [1.29, 1.82) is 0 Å². The van der Waals surface area contributed by atoms with Crippen LogP contribution in [-0.4, -0.2) is 14.5 Å². The van der Waals surface area contributed by atoms with Crippen LogP contribution in [0.25, 0.3) is 16.9 Å². The molecule has 0 unspecified atom stereocenters. The summed E-state index contributed by atoms with van der Waals surface area (Å²) in [5.41, 5.74) is 3.87. The first kappa shape index (κ1) is 12.5. The Morgan fingerprint density at radius 2 is 2.00 bits per heavy atom. The van der Waals surface area contributed by atoms with Crippen LogP contribution >= 0.6 is 11.6 Å². The van der Waals surface area contributed by atoms with Crippen LogP contribution in [0.1, 0.15) is 17.7 Å². The Bertz CT molecular complexity index is 917. The van der Waals surface area contributed by atoms with E-state index in [1.54, 1.807) is 12.4 Å². The van der Waals surface area contributed by atoms with Crippen LogP contribution in [0.4, 0.5) is 0 Å². The number of aromatic nitrogens is 3. The number of fused-ring (bicyclic) bond motifs is 2. The lowest BCUT2D eigenvalue weighted by atomic mass is 10.1. The quantitative estimate of drug-likeness (QED) is 0.694. The maximum absolute atomic E-state index is 12.5. The first-order valence-electron chi connectivity index (χ1n) is 6.89. The normalized spacial score (nSPS) is 13.6. The van der Waals surface area contributed by atoms with Crippen LogP contribution < -0.4 is 5.43 Å². The Morgan fingerprint density at radius 1 is 1.14 bits per heavy atom. The highest BCUT2D eigenvalue weighted by atomic mass is 35.5. The van der Waals surface area contributed by atoms with Crippen molar-refractivity contribution >= 4 is 22.8 Å². The predicted octanol–water partition coefficient (Wildman–Crippen LogP) is 2.92. The second-order valence-corrected chi connectivity index (χ2v) is 5.59. The summed E-state index contributed by atoms with van der Waals surface area (Å²) in [6, 6.07) is 7.60. The van der Waals surface area contributed by atoms with Crippen molar-refractivity contribution in [3.63, 3.8) is 0 Å². The van der Waals surface area contributed by atoms with Crippen LogP contribution in [0.2, 0.25) is 5.02 Å². The van der Waals surface area contributed by atoms with Gasteiger partial charge >= 0.3 is 0 Å². The second-order valence-electron chi connectivity index (χ2n) is 5.15. The minimum absolute atomic E-state index is 0.0175. The molecule has 1 aromatic carbocycles. The van der Waals surface area contributed by atoms with E-state index in [9.17, 15) is 4.79 Å². The third-order valence-electron chi connectivity index (χ3n) is 3.90. The molecule has 1 aliphatic rings. The highest BCUT2D eigenvalue weighted by Crippen LogP contribution is 2.26. The lowest BCUT2D eigenvalue weighted by molar-refractivity contribution is 0.873. The third kappa shape index (κ3) is 1.87. The Hall–Kier alpha value is -2.20. The van der Waals surface area contributed by atoms with Crippen LogP contribution in [0, 0.1) is 0 Å². The van der Waals surface area contributed by atoms with Gasteiger partial charge in [0.2, 0.25) is 5.43 Å². The first-order chi connectivity index (χ1) is 10.3. The van der Waals surface area contributed by atoms with Crippen LogP contribution in [0.3, 0.4) is 0 Å². The van der Waals surface area contributed by atoms with Crippen LogP contribution in [0.15, 0.2) is 41.5 Å². The van der Waals surface area contributed by atoms with Gasteiger partial charge in [-0.3, -0.25) is 9.36 Å². The van der Waals surface area contributed by atoms with E-state index in [-0.39, 0.29) is 5.43 Å². The molecule has 0 bridgehead atoms. The van der Waals surface area contributed by atoms with Crippen molar-refractivity contribution in [3.8, 4) is 5.69 Å². The smallest absolute Gasteiger partial charge is 0.212 e. The summed E-state index contributed by atoms with van der Waals surface area (Å²) in [6.07, 6.45) is 5.85. The van der Waals surface area contributed by atoms with E-state index in [1.807, 2.05) is 28.8 Å². The average molecular weight is 298 g/mol. The largest absolute Gasteiger partial charge is 0.296 e. The van der Waals surface area contributed by atoms with E-state index in [4.69, 9.17) is 11.6 Å².